The number of hydrogen-bond donors (Lipinski definition) is 2. The quantitative estimate of drug-likeness (QED) is 0.0916. The molecule has 5 aromatic carbocycles. The largest absolute Gasteiger partial charge is 0.477 e. The standard InChI is InChI=1S/C40H27N3O4/c41-26-33(39(44)45)23-28-11-17-35(18-12-28)43(36-19-13-29(14-20-36)24-34(27-42)40(46)47)37-21-15-30(16-22-37)25-38(31-7-3-1-4-8-31)32-9-5-2-6-10-32/h1-25H,(H,44,45)(H,46,47)/b33-23-,34-24-. The van der Waals surface area contributed by atoms with Crippen molar-refractivity contribution in [2.75, 3.05) is 4.90 Å². The molecule has 0 amide bonds. The van der Waals surface area contributed by atoms with Crippen molar-refractivity contribution >= 4 is 52.8 Å². The third-order valence-electron chi connectivity index (χ3n) is 7.26. The van der Waals surface area contributed by atoms with Crippen LogP contribution in [0.4, 0.5) is 17.1 Å². The van der Waals surface area contributed by atoms with E-state index in [0.717, 1.165) is 39.3 Å². The van der Waals surface area contributed by atoms with Crippen molar-refractivity contribution < 1.29 is 19.8 Å². The van der Waals surface area contributed by atoms with Crippen LogP contribution in [0.2, 0.25) is 0 Å². The highest BCUT2D eigenvalue weighted by atomic mass is 16.4. The molecule has 0 saturated heterocycles. The molecular weight excluding hydrogens is 586 g/mol. The van der Waals surface area contributed by atoms with Gasteiger partial charge in [-0.1, -0.05) is 97.1 Å². The molecule has 5 rings (SSSR count). The van der Waals surface area contributed by atoms with Gasteiger partial charge in [0.25, 0.3) is 0 Å². The van der Waals surface area contributed by atoms with E-state index in [-0.39, 0.29) is 11.1 Å². The predicted octanol–water partition coefficient (Wildman–Crippen LogP) is 8.73. The molecule has 0 unspecified atom stereocenters. The second kappa shape index (κ2) is 14.7. The normalized spacial score (nSPS) is 11.1. The second-order valence-corrected chi connectivity index (χ2v) is 10.4. The van der Waals surface area contributed by atoms with Crippen LogP contribution < -0.4 is 4.90 Å². The topological polar surface area (TPSA) is 125 Å². The molecule has 0 heterocycles. The summed E-state index contributed by atoms with van der Waals surface area (Å²) >= 11 is 0. The lowest BCUT2D eigenvalue weighted by atomic mass is 9.95. The minimum absolute atomic E-state index is 0.370. The van der Waals surface area contributed by atoms with Crippen molar-refractivity contribution in [1.82, 2.24) is 0 Å². The first-order valence-electron chi connectivity index (χ1n) is 14.5. The monoisotopic (exact) mass is 613 g/mol. The number of nitriles is 2. The van der Waals surface area contributed by atoms with Gasteiger partial charge in [-0.2, -0.15) is 10.5 Å². The Kier molecular flexibility index (Phi) is 9.83. The van der Waals surface area contributed by atoms with E-state index in [1.807, 2.05) is 89.8 Å². The summed E-state index contributed by atoms with van der Waals surface area (Å²) in [5.41, 5.74) is 7.00. The Morgan fingerprint density at radius 1 is 0.489 bits per heavy atom. The number of benzene rings is 5. The van der Waals surface area contributed by atoms with Crippen molar-refractivity contribution in [3.8, 4) is 12.1 Å². The van der Waals surface area contributed by atoms with Crippen LogP contribution in [-0.4, -0.2) is 22.2 Å². The van der Waals surface area contributed by atoms with Crippen LogP contribution in [0.25, 0.3) is 23.8 Å². The molecule has 0 aliphatic heterocycles. The number of carboxylic acid groups (broad SMARTS) is 2. The van der Waals surface area contributed by atoms with E-state index in [0.29, 0.717) is 11.1 Å². The SMILES string of the molecule is N#C/C(=C/c1ccc(N(c2ccc(C=C(c3ccccc3)c3ccccc3)cc2)c2ccc(/C=C(/C#N)C(=O)O)cc2)cc1)C(=O)O. The number of rotatable bonds is 10. The first kappa shape index (κ1) is 31.5. The summed E-state index contributed by atoms with van der Waals surface area (Å²) in [6.45, 7) is 0. The average Bonchev–Trinajstić information content (AvgIpc) is 3.11. The molecule has 7 heteroatoms. The van der Waals surface area contributed by atoms with Gasteiger partial charge in [-0.3, -0.25) is 0 Å². The van der Waals surface area contributed by atoms with E-state index in [1.165, 1.54) is 12.2 Å². The van der Waals surface area contributed by atoms with Gasteiger partial charge >= 0.3 is 11.9 Å². The highest BCUT2D eigenvalue weighted by molar-refractivity contribution is 5.97. The van der Waals surface area contributed by atoms with Crippen LogP contribution in [0.5, 0.6) is 0 Å². The molecule has 0 atom stereocenters. The highest BCUT2D eigenvalue weighted by Crippen LogP contribution is 2.36. The third kappa shape index (κ3) is 7.77. The van der Waals surface area contributed by atoms with Gasteiger partial charge in [-0.25, -0.2) is 9.59 Å². The summed E-state index contributed by atoms with van der Waals surface area (Å²) in [5.74, 6) is -2.60. The summed E-state index contributed by atoms with van der Waals surface area (Å²) in [6.07, 6.45) is 4.77. The molecule has 7 nitrogen and oxygen atoms in total. The zero-order chi connectivity index (χ0) is 33.2. The van der Waals surface area contributed by atoms with Crippen LogP contribution >= 0.6 is 0 Å². The molecule has 0 bridgehead atoms. The van der Waals surface area contributed by atoms with Gasteiger partial charge in [0.05, 0.1) is 0 Å². The van der Waals surface area contributed by atoms with Gasteiger partial charge in [-0.15, -0.1) is 0 Å². The first-order valence-corrected chi connectivity index (χ1v) is 14.5. The molecule has 0 saturated carbocycles. The van der Waals surface area contributed by atoms with Gasteiger partial charge in [0, 0.05) is 17.1 Å². The van der Waals surface area contributed by atoms with Gasteiger partial charge in [0.15, 0.2) is 0 Å². The van der Waals surface area contributed by atoms with Crippen molar-refractivity contribution in [2.45, 2.75) is 0 Å². The second-order valence-electron chi connectivity index (χ2n) is 10.4. The van der Waals surface area contributed by atoms with Gasteiger partial charge in [0.1, 0.15) is 23.3 Å². The van der Waals surface area contributed by atoms with Gasteiger partial charge < -0.3 is 15.1 Å². The minimum atomic E-state index is -1.30. The Morgan fingerprint density at radius 3 is 1.11 bits per heavy atom. The minimum Gasteiger partial charge on any atom is -0.477 e. The third-order valence-corrected chi connectivity index (χ3v) is 7.26. The maximum absolute atomic E-state index is 11.3. The van der Waals surface area contributed by atoms with Crippen molar-refractivity contribution in [2.24, 2.45) is 0 Å². The van der Waals surface area contributed by atoms with Crippen LogP contribution in [0.15, 0.2) is 145 Å². The molecule has 0 fully saturated rings. The smallest absolute Gasteiger partial charge is 0.346 e. The van der Waals surface area contributed by atoms with E-state index in [2.05, 4.69) is 30.3 Å². The average molecular weight is 614 g/mol. The Balaban J connectivity index is 1.55. The fourth-order valence-electron chi connectivity index (χ4n) is 4.96. The van der Waals surface area contributed by atoms with E-state index >= 15 is 0 Å². The summed E-state index contributed by atoms with van der Waals surface area (Å²) in [5, 5.41) is 36.8. The summed E-state index contributed by atoms with van der Waals surface area (Å²) < 4.78 is 0. The molecular formula is C40H27N3O4. The maximum Gasteiger partial charge on any atom is 0.346 e. The van der Waals surface area contributed by atoms with E-state index in [1.54, 1.807) is 36.4 Å². The van der Waals surface area contributed by atoms with Crippen LogP contribution in [-0.2, 0) is 9.59 Å². The molecule has 0 aromatic heterocycles. The molecule has 0 aliphatic carbocycles. The van der Waals surface area contributed by atoms with E-state index in [9.17, 15) is 19.8 Å². The molecule has 0 spiro atoms. The van der Waals surface area contributed by atoms with Crippen LogP contribution in [0.1, 0.15) is 27.8 Å². The Hall–Kier alpha value is -6.96. The van der Waals surface area contributed by atoms with Crippen molar-refractivity contribution in [3.63, 3.8) is 0 Å². The maximum atomic E-state index is 11.3. The lowest BCUT2D eigenvalue weighted by Crippen LogP contribution is -2.10. The first-order chi connectivity index (χ1) is 22.9. The predicted molar refractivity (Wildman–Crippen MR) is 183 cm³/mol. The van der Waals surface area contributed by atoms with E-state index in [4.69, 9.17) is 10.5 Å². The van der Waals surface area contributed by atoms with Gasteiger partial charge in [0.2, 0.25) is 0 Å². The fraction of sp³-hybridized carbons (Fsp3) is 0. The number of carboxylic acids is 2. The van der Waals surface area contributed by atoms with Crippen LogP contribution in [0.3, 0.4) is 0 Å². The molecule has 226 valence electrons. The molecule has 0 aliphatic rings. The number of nitrogens with zero attached hydrogens (tertiary/aromatic N) is 3. The molecule has 5 aromatic rings. The summed E-state index contributed by atoms with van der Waals surface area (Å²) in [4.78, 5) is 24.7. The number of anilines is 3. The van der Waals surface area contributed by atoms with Crippen molar-refractivity contribution in [1.29, 1.82) is 10.5 Å². The fourth-order valence-corrected chi connectivity index (χ4v) is 4.96. The molecule has 47 heavy (non-hydrogen) atoms. The van der Waals surface area contributed by atoms with Crippen LogP contribution in [0, 0.1) is 22.7 Å². The highest BCUT2D eigenvalue weighted by Gasteiger charge is 2.14. The molecule has 0 radical (unpaired) electrons. The number of aliphatic carboxylic acids is 2. The zero-order valence-electron chi connectivity index (χ0n) is 25.0. The van der Waals surface area contributed by atoms with Crippen molar-refractivity contribution in [3.05, 3.63) is 172 Å². The lowest BCUT2D eigenvalue weighted by Gasteiger charge is -2.26. The summed E-state index contributed by atoms with van der Waals surface area (Å²) in [6, 6.07) is 46.0. The van der Waals surface area contributed by atoms with Gasteiger partial charge in [-0.05, 0) is 88.0 Å². The Morgan fingerprint density at radius 2 is 0.809 bits per heavy atom. The number of carbonyl (C=O) groups is 2. The molecule has 2 N–H and O–H groups in total. The Labute approximate surface area is 272 Å². The Bertz CT molecular complexity index is 1940. The zero-order valence-corrected chi connectivity index (χ0v) is 25.0. The number of hydrogen-bond acceptors (Lipinski definition) is 5. The van der Waals surface area contributed by atoms with E-state index < -0.39 is 11.9 Å². The lowest BCUT2D eigenvalue weighted by molar-refractivity contribution is -0.133. The summed E-state index contributed by atoms with van der Waals surface area (Å²) in [7, 11) is 0.